The molecule has 1 N–H and O–H groups in total. The zero-order valence-corrected chi connectivity index (χ0v) is 10.6. The summed E-state index contributed by atoms with van der Waals surface area (Å²) in [6, 6.07) is 0. The molecule has 0 radical (unpaired) electrons. The van der Waals surface area contributed by atoms with Crippen LogP contribution in [0.15, 0.2) is 12.2 Å². The number of aliphatic hydroxyl groups excluding tert-OH is 1. The summed E-state index contributed by atoms with van der Waals surface area (Å²) in [5, 5.41) is 9.21. The van der Waals surface area contributed by atoms with E-state index in [1.54, 1.807) is 0 Å². The van der Waals surface area contributed by atoms with E-state index in [-0.39, 0.29) is 30.1 Å². The van der Waals surface area contributed by atoms with Crippen LogP contribution in [0.5, 0.6) is 0 Å². The zero-order chi connectivity index (χ0) is 12.5. The summed E-state index contributed by atoms with van der Waals surface area (Å²) in [4.78, 5) is 14.1. The number of aliphatic hydroxyl groups is 1. The Morgan fingerprint density at radius 3 is 2.71 bits per heavy atom. The van der Waals surface area contributed by atoms with E-state index in [2.05, 4.69) is 12.2 Å². The van der Waals surface area contributed by atoms with Crippen LogP contribution in [0.3, 0.4) is 0 Å². The van der Waals surface area contributed by atoms with E-state index in [1.807, 2.05) is 18.7 Å². The van der Waals surface area contributed by atoms with Crippen LogP contribution in [-0.4, -0.2) is 47.3 Å². The minimum Gasteiger partial charge on any atom is -0.394 e. The van der Waals surface area contributed by atoms with E-state index in [4.69, 9.17) is 4.74 Å². The van der Waals surface area contributed by atoms with Gasteiger partial charge in [0.05, 0.1) is 18.3 Å². The molecular weight excluding hydrogens is 218 g/mol. The summed E-state index contributed by atoms with van der Waals surface area (Å²) in [7, 11) is 0. The van der Waals surface area contributed by atoms with Gasteiger partial charge < -0.3 is 14.7 Å². The number of allylic oxidation sites excluding steroid dienone is 2. The maximum absolute atomic E-state index is 12.3. The fraction of sp³-hybridized carbons (Fsp3) is 0.769. The lowest BCUT2D eigenvalue weighted by atomic mass is 10.0. The lowest BCUT2D eigenvalue weighted by Gasteiger charge is -2.43. The molecular formula is C13H21NO3. The Hall–Kier alpha value is -0.870. The second-order valence-corrected chi connectivity index (χ2v) is 5.54. The molecule has 1 unspecified atom stereocenters. The average Bonchev–Trinajstić information content (AvgIpc) is 2.79. The third kappa shape index (κ3) is 2.87. The van der Waals surface area contributed by atoms with Gasteiger partial charge in [-0.05, 0) is 26.7 Å². The number of carbonyl (C=O) groups excluding carboxylic acids is 1. The van der Waals surface area contributed by atoms with Gasteiger partial charge in [-0.1, -0.05) is 12.2 Å². The first-order valence-corrected chi connectivity index (χ1v) is 6.24. The monoisotopic (exact) mass is 239 g/mol. The fourth-order valence-corrected chi connectivity index (χ4v) is 2.64. The first kappa shape index (κ1) is 12.6. The number of nitrogens with zero attached hydrogens (tertiary/aromatic N) is 1. The molecule has 0 aromatic rings. The predicted octanol–water partition coefficient (Wildman–Crippen LogP) is 0.951. The summed E-state index contributed by atoms with van der Waals surface area (Å²) < 4.78 is 5.71. The highest BCUT2D eigenvalue weighted by Crippen LogP contribution is 2.26. The molecule has 96 valence electrons. The average molecular weight is 239 g/mol. The summed E-state index contributed by atoms with van der Waals surface area (Å²) in [6.07, 6.45) is 5.58. The molecule has 2 aliphatic rings. The van der Waals surface area contributed by atoms with Crippen molar-refractivity contribution in [1.29, 1.82) is 0 Å². The van der Waals surface area contributed by atoms with Crippen LogP contribution in [0.1, 0.15) is 26.7 Å². The zero-order valence-electron chi connectivity index (χ0n) is 10.6. The fourth-order valence-electron chi connectivity index (χ4n) is 2.64. The summed E-state index contributed by atoms with van der Waals surface area (Å²) in [5.41, 5.74) is -0.368. The van der Waals surface area contributed by atoms with E-state index in [0.29, 0.717) is 13.1 Å². The van der Waals surface area contributed by atoms with Crippen LogP contribution < -0.4 is 0 Å². The van der Waals surface area contributed by atoms with Crippen LogP contribution in [-0.2, 0) is 9.53 Å². The Labute approximate surface area is 102 Å². The van der Waals surface area contributed by atoms with Gasteiger partial charge in [-0.15, -0.1) is 0 Å². The number of hydrogen-bond donors (Lipinski definition) is 1. The molecule has 1 atom stereocenters. The third-order valence-electron chi connectivity index (χ3n) is 3.35. The third-order valence-corrected chi connectivity index (χ3v) is 3.35. The normalized spacial score (nSPS) is 28.6. The first-order chi connectivity index (χ1) is 8.02. The van der Waals surface area contributed by atoms with Gasteiger partial charge >= 0.3 is 0 Å². The molecule has 0 aromatic heterocycles. The molecule has 17 heavy (non-hydrogen) atoms. The molecule has 4 nitrogen and oxygen atoms in total. The molecule has 1 aliphatic heterocycles. The molecule has 0 bridgehead atoms. The van der Waals surface area contributed by atoms with Crippen LogP contribution >= 0.6 is 0 Å². The first-order valence-electron chi connectivity index (χ1n) is 6.24. The van der Waals surface area contributed by atoms with E-state index < -0.39 is 0 Å². The van der Waals surface area contributed by atoms with Crippen molar-refractivity contribution in [2.45, 2.75) is 38.4 Å². The number of amides is 1. The van der Waals surface area contributed by atoms with Gasteiger partial charge in [-0.25, -0.2) is 0 Å². The van der Waals surface area contributed by atoms with Crippen LogP contribution in [0.4, 0.5) is 0 Å². The smallest absolute Gasteiger partial charge is 0.226 e. The highest BCUT2D eigenvalue weighted by atomic mass is 16.5. The summed E-state index contributed by atoms with van der Waals surface area (Å²) in [6.45, 7) is 5.01. The Morgan fingerprint density at radius 1 is 1.47 bits per heavy atom. The van der Waals surface area contributed by atoms with E-state index in [1.165, 1.54) is 0 Å². The molecule has 1 heterocycles. The summed E-state index contributed by atoms with van der Waals surface area (Å²) in [5.74, 6) is 0.299. The molecule has 1 amide bonds. The lowest BCUT2D eigenvalue weighted by molar-refractivity contribution is -0.169. The SMILES string of the molecule is CC1(C)CN(C(=O)C2CC=CC2)CC(CO)O1. The van der Waals surface area contributed by atoms with Crippen molar-refractivity contribution in [3.05, 3.63) is 12.2 Å². The predicted molar refractivity (Wildman–Crippen MR) is 64.5 cm³/mol. The van der Waals surface area contributed by atoms with E-state index in [9.17, 15) is 9.90 Å². The minimum atomic E-state index is -0.368. The van der Waals surface area contributed by atoms with Crippen molar-refractivity contribution in [2.24, 2.45) is 5.92 Å². The lowest BCUT2D eigenvalue weighted by Crippen LogP contribution is -2.56. The van der Waals surface area contributed by atoms with Crippen molar-refractivity contribution >= 4 is 5.91 Å². The molecule has 0 saturated carbocycles. The van der Waals surface area contributed by atoms with Crippen molar-refractivity contribution in [3.63, 3.8) is 0 Å². The van der Waals surface area contributed by atoms with Crippen LogP contribution in [0.25, 0.3) is 0 Å². The second kappa shape index (κ2) is 4.78. The Balaban J connectivity index is 2.01. The van der Waals surface area contributed by atoms with Gasteiger partial charge in [0.15, 0.2) is 0 Å². The number of ether oxygens (including phenoxy) is 1. The van der Waals surface area contributed by atoms with Gasteiger partial charge in [0.25, 0.3) is 0 Å². The topological polar surface area (TPSA) is 49.8 Å². The maximum atomic E-state index is 12.3. The molecule has 0 spiro atoms. The van der Waals surface area contributed by atoms with Crippen molar-refractivity contribution in [3.8, 4) is 0 Å². The second-order valence-electron chi connectivity index (χ2n) is 5.54. The highest BCUT2D eigenvalue weighted by molar-refractivity contribution is 5.80. The number of rotatable bonds is 2. The quantitative estimate of drug-likeness (QED) is 0.730. The number of carbonyl (C=O) groups is 1. The summed E-state index contributed by atoms with van der Waals surface area (Å²) >= 11 is 0. The van der Waals surface area contributed by atoms with Crippen LogP contribution in [0, 0.1) is 5.92 Å². The van der Waals surface area contributed by atoms with E-state index in [0.717, 1.165) is 12.8 Å². The van der Waals surface area contributed by atoms with Gasteiger partial charge in [-0.3, -0.25) is 4.79 Å². The van der Waals surface area contributed by atoms with Crippen molar-refractivity contribution in [2.75, 3.05) is 19.7 Å². The van der Waals surface area contributed by atoms with Gasteiger partial charge in [0.2, 0.25) is 5.91 Å². The largest absolute Gasteiger partial charge is 0.394 e. The molecule has 1 saturated heterocycles. The van der Waals surface area contributed by atoms with Crippen LogP contribution in [0.2, 0.25) is 0 Å². The molecule has 1 aliphatic carbocycles. The maximum Gasteiger partial charge on any atom is 0.226 e. The highest BCUT2D eigenvalue weighted by Gasteiger charge is 2.37. The van der Waals surface area contributed by atoms with E-state index >= 15 is 0 Å². The van der Waals surface area contributed by atoms with Gasteiger partial charge in [0.1, 0.15) is 0 Å². The molecule has 2 rings (SSSR count). The standard InChI is InChI=1S/C13H21NO3/c1-13(2)9-14(7-11(8-15)17-13)12(16)10-5-3-4-6-10/h3-4,10-11,15H,5-9H2,1-2H3. The van der Waals surface area contributed by atoms with Gasteiger partial charge in [-0.2, -0.15) is 0 Å². The minimum absolute atomic E-state index is 0.0316. The van der Waals surface area contributed by atoms with Gasteiger partial charge in [0, 0.05) is 19.0 Å². The molecule has 1 fully saturated rings. The van der Waals surface area contributed by atoms with Crippen molar-refractivity contribution < 1.29 is 14.6 Å². The molecule has 4 heteroatoms. The number of morpholine rings is 1. The Bertz CT molecular complexity index is 317. The Kier molecular flexibility index (Phi) is 3.54. The Morgan fingerprint density at radius 2 is 2.12 bits per heavy atom. The number of hydrogen-bond acceptors (Lipinski definition) is 3. The molecule has 0 aromatic carbocycles. The van der Waals surface area contributed by atoms with Crippen molar-refractivity contribution in [1.82, 2.24) is 4.90 Å².